The Kier molecular flexibility index (Phi) is 31.9. The van der Waals surface area contributed by atoms with Crippen molar-refractivity contribution in [2.24, 2.45) is 0 Å². The molecule has 16 bridgehead atoms. The molecular formula is C112H100Cl2Fe2N14O4. The van der Waals surface area contributed by atoms with Gasteiger partial charge in [0.25, 0.3) is 0 Å². The second-order valence-corrected chi connectivity index (χ2v) is 33.8. The molecule has 18 nitrogen and oxygen atoms in total. The molecule has 0 fully saturated rings. The van der Waals surface area contributed by atoms with Crippen LogP contribution in [0, 0.1) is 41.5 Å². The van der Waals surface area contributed by atoms with Crippen molar-refractivity contribution in [2.75, 3.05) is 49.9 Å². The van der Waals surface area contributed by atoms with Crippen LogP contribution in [-0.2, 0) is 53.3 Å². The number of aromatic nitrogens is 8. The minimum atomic E-state index is -0.260. The van der Waals surface area contributed by atoms with E-state index in [4.69, 9.17) is 39.9 Å². The molecule has 0 unspecified atom stereocenters. The number of hydrogen-bond acceptors (Lipinski definition) is 10. The molecule has 8 aromatic carbocycles. The first kappa shape index (κ1) is 96.4. The topological polar surface area (TPSA) is 248 Å². The molecule has 10 heterocycles. The van der Waals surface area contributed by atoms with E-state index >= 15 is 0 Å². The molecule has 0 atom stereocenters. The van der Waals surface area contributed by atoms with E-state index in [1.165, 1.54) is 0 Å². The summed E-state index contributed by atoms with van der Waals surface area (Å²) in [6.07, 6.45) is 20.2. The van der Waals surface area contributed by atoms with Gasteiger partial charge in [-0.15, -0.1) is 44.1 Å². The van der Waals surface area contributed by atoms with Crippen LogP contribution < -0.4 is 76.7 Å². The van der Waals surface area contributed by atoms with Crippen molar-refractivity contribution in [3.63, 3.8) is 0 Å². The molecule has 4 amide bonds. The van der Waals surface area contributed by atoms with E-state index in [2.05, 4.69) is 292 Å². The van der Waals surface area contributed by atoms with Crippen LogP contribution in [-0.4, -0.2) is 82.8 Å². The Bertz CT molecular complexity index is 6650. The Balaban J connectivity index is 0.00000360. The quantitative estimate of drug-likeness (QED) is 0.0189. The Morgan fingerprint density at radius 1 is 0.224 bits per heavy atom. The van der Waals surface area contributed by atoms with E-state index in [0.717, 1.165) is 264 Å². The number of hydrogen-bond donors (Lipinski definition) is 6. The molecule has 134 heavy (non-hydrogen) atoms. The number of fused-ring (bicyclic) bond motifs is 16. The molecule has 4 aliphatic rings. The average Bonchev–Trinajstić information content (AvgIpc) is 1.61. The number of halogens is 2. The smallest absolute Gasteiger partial charge is 1.00 e. The predicted molar refractivity (Wildman–Crippen MR) is 531 cm³/mol. The van der Waals surface area contributed by atoms with Gasteiger partial charge in [0.1, 0.15) is 0 Å². The minimum absolute atomic E-state index is 0. The maximum Gasteiger partial charge on any atom is 3.00 e. The summed E-state index contributed by atoms with van der Waals surface area (Å²) in [6.45, 7) is 16.7. The summed E-state index contributed by atoms with van der Waals surface area (Å²) in [5.74, 6) is -0.878. The van der Waals surface area contributed by atoms with Gasteiger partial charge >= 0.3 is 34.1 Å². The van der Waals surface area contributed by atoms with Crippen molar-refractivity contribution >= 4 is 128 Å². The van der Waals surface area contributed by atoms with Gasteiger partial charge in [0.2, 0.25) is 23.6 Å². The second-order valence-electron chi connectivity index (χ2n) is 33.8. The Labute approximate surface area is 814 Å². The third-order valence-corrected chi connectivity index (χ3v) is 24.0. The van der Waals surface area contributed by atoms with Gasteiger partial charge in [-0.3, -0.25) is 19.2 Å². The molecule has 0 aliphatic carbocycles. The van der Waals surface area contributed by atoms with Crippen LogP contribution in [0.3, 0.4) is 0 Å². The number of rotatable bonds is 29. The fourth-order valence-electron chi connectivity index (χ4n) is 17.0. The van der Waals surface area contributed by atoms with Crippen LogP contribution in [0.25, 0.3) is 182 Å². The maximum absolute atomic E-state index is 13.4. The van der Waals surface area contributed by atoms with E-state index in [1.54, 1.807) is 0 Å². The standard InChI is InChI=1S/C112H104N14O4.2ClH.2Fe/c1-69-11-23-75(24-12-69)105-85-43-47-89(119-85)107(77-27-15-71(3)16-28-77)93-51-55-97(123-93)111(98-56-52-94(124-98)108(90-48-44-86(105)120-90)78-29-17-72(4)18-30-78)81-35-39-83(40-36-81)117-103(129)61-59-101(127)115-67-9-65-113-63-7-8-64-114-66-10-68-116-102(128)60-62-104(130)118-84-41-37-82(38-42-84)112-99-57-53-95(125-99)109(79-31-19-73(5)20-32-79)91-49-45-87(121-91)106(76-25-13-70(2)14-26-76)88-46-50-92(122-88)110(96-54-58-100(112)126-96)80-33-21-74(6)22-34-80;;;;/h11-58,113-114H,7-10,59-68H2,1-6H3,(H8,115,116,117,118,119,120,121,122,123,124,125,126,127,128,129,130);2*1H;;/q;;;2*+3/p-6. The number of aryl methyl sites for hydroxylation is 6. The average molecular weight is 1890 g/mol. The predicted octanol–water partition coefficient (Wildman–Crippen LogP) is 16.4. The van der Waals surface area contributed by atoms with Gasteiger partial charge in [-0.05, 0) is 255 Å². The molecule has 14 aromatic rings. The van der Waals surface area contributed by atoms with E-state index < -0.39 is 0 Å². The molecule has 18 rings (SSSR count). The van der Waals surface area contributed by atoms with E-state index in [1.807, 2.05) is 72.8 Å². The van der Waals surface area contributed by atoms with Crippen molar-refractivity contribution < 1.29 is 78.1 Å². The SMILES string of the molecule is Cc1ccc(-c2c3nc(c(-c4ccc(C)cc4)c4ccc([n-]4)c(-c4ccc(NC(=O)CCC(=O)NCCCNCCCCNCCCNC(=O)CCC(=O)Nc5ccc(-c6c7nc(c(-c8ccc(C)cc8)c8ccc([n-]8)c(-c8ccc(C)cc8)c8nc(c(-c9ccc(C)cc9)c9ccc6[n-]9)C=C8)C=C7)cc5)cc4)c4nc(c(-c5ccc(C)cc5)c5ccc2[n-]5)C=C4)C=C3)cc1.[Cl-].[Cl-].[Fe+3].[Fe+3]. The van der Waals surface area contributed by atoms with Gasteiger partial charge in [-0.25, -0.2) is 19.9 Å². The summed E-state index contributed by atoms with van der Waals surface area (Å²) in [7, 11) is 0. The van der Waals surface area contributed by atoms with Crippen molar-refractivity contribution in [1.82, 2.24) is 61.1 Å². The number of unbranched alkanes of at least 4 members (excludes halogenated alkanes) is 1. The Hall–Kier alpha value is -13.6. The molecule has 672 valence electrons. The summed E-state index contributed by atoms with van der Waals surface area (Å²) >= 11 is 0. The molecule has 0 saturated heterocycles. The number of carbonyl (C=O) groups is 4. The van der Waals surface area contributed by atoms with Crippen LogP contribution in [0.5, 0.6) is 0 Å². The van der Waals surface area contributed by atoms with E-state index in [-0.39, 0.29) is 108 Å². The van der Waals surface area contributed by atoms with Gasteiger partial charge in [0.05, 0.1) is 45.6 Å². The summed E-state index contributed by atoms with van der Waals surface area (Å²) in [6, 6.07) is 83.0. The number of carbonyl (C=O) groups excluding carboxylic acids is 4. The molecule has 4 aliphatic heterocycles. The van der Waals surface area contributed by atoms with Gasteiger partial charge in [-0.1, -0.05) is 252 Å². The number of benzene rings is 8. The van der Waals surface area contributed by atoms with E-state index in [0.29, 0.717) is 24.5 Å². The van der Waals surface area contributed by atoms with Gasteiger partial charge in [-0.2, -0.15) is 0 Å². The second kappa shape index (κ2) is 44.3. The van der Waals surface area contributed by atoms with Crippen molar-refractivity contribution in [3.8, 4) is 89.0 Å². The fraction of sp³-hybridized carbons (Fsp3) is 0.179. The summed E-state index contributed by atoms with van der Waals surface area (Å²) in [5, 5.41) is 18.9. The van der Waals surface area contributed by atoms with Crippen molar-refractivity contribution in [1.29, 1.82) is 0 Å². The summed E-state index contributed by atoms with van der Waals surface area (Å²) in [4.78, 5) is 96.2. The molecule has 6 aromatic heterocycles. The monoisotopic (exact) mass is 1890 g/mol. The minimum Gasteiger partial charge on any atom is -1.00 e. The molecule has 0 saturated carbocycles. The zero-order chi connectivity index (χ0) is 89.1. The normalized spacial score (nSPS) is 11.6. The molecule has 6 N–H and O–H groups in total. The fourth-order valence-corrected chi connectivity index (χ4v) is 17.0. The van der Waals surface area contributed by atoms with Crippen molar-refractivity contribution in [2.45, 2.75) is 92.9 Å². The Morgan fingerprint density at radius 2 is 0.396 bits per heavy atom. The maximum atomic E-state index is 13.4. The van der Waals surface area contributed by atoms with Gasteiger partial charge in [0, 0.05) is 50.1 Å². The Morgan fingerprint density at radius 3 is 0.590 bits per heavy atom. The molecule has 2 radical (unpaired) electrons. The van der Waals surface area contributed by atoms with Gasteiger partial charge < -0.3 is 76.7 Å². The first-order valence-corrected chi connectivity index (χ1v) is 44.8. The molecule has 0 spiro atoms. The zero-order valence-corrected chi connectivity index (χ0v) is 79.0. The summed E-state index contributed by atoms with van der Waals surface area (Å²) in [5.41, 5.74) is 35.2. The third kappa shape index (κ3) is 22.5. The third-order valence-electron chi connectivity index (χ3n) is 24.0. The number of amides is 4. The zero-order valence-electron chi connectivity index (χ0n) is 75.3. The van der Waals surface area contributed by atoms with E-state index in [9.17, 15) is 19.2 Å². The first-order chi connectivity index (χ1) is 63.5. The van der Waals surface area contributed by atoms with Crippen LogP contribution >= 0.6 is 0 Å². The largest absolute Gasteiger partial charge is 3.00 e. The number of anilines is 2. The van der Waals surface area contributed by atoms with Crippen LogP contribution in [0.2, 0.25) is 0 Å². The summed E-state index contributed by atoms with van der Waals surface area (Å²) < 4.78 is 0. The van der Waals surface area contributed by atoms with Crippen LogP contribution in [0.15, 0.2) is 243 Å². The first-order valence-electron chi connectivity index (χ1n) is 44.8. The number of nitrogens with one attached hydrogen (secondary N) is 6. The number of nitrogens with zero attached hydrogens (tertiary/aromatic N) is 8. The van der Waals surface area contributed by atoms with Crippen molar-refractivity contribution in [3.05, 3.63) is 322 Å². The van der Waals surface area contributed by atoms with Crippen LogP contribution in [0.4, 0.5) is 11.4 Å². The molecule has 22 heteroatoms. The van der Waals surface area contributed by atoms with Crippen LogP contribution in [0.1, 0.15) is 130 Å². The van der Waals surface area contributed by atoms with Gasteiger partial charge in [0.15, 0.2) is 0 Å². The molecular weight excluding hydrogens is 1790 g/mol.